The predicted molar refractivity (Wildman–Crippen MR) is 237 cm³/mol. The molecule has 0 aliphatic heterocycles. The third-order valence-corrected chi connectivity index (χ3v) is 12.2. The van der Waals surface area contributed by atoms with Gasteiger partial charge in [-0.05, 0) is 145 Å². The number of hydrogen-bond donors (Lipinski definition) is 3. The average molecular weight is 807 g/mol. The molecule has 4 N–H and O–H groups in total. The molecule has 10 heteroatoms. The minimum absolute atomic E-state index is 0.0535. The topological polar surface area (TPSA) is 124 Å². The van der Waals surface area contributed by atoms with E-state index in [-0.39, 0.29) is 17.7 Å². The van der Waals surface area contributed by atoms with E-state index in [9.17, 15) is 9.59 Å². The first-order valence-electron chi connectivity index (χ1n) is 20.6. The fourth-order valence-electron chi connectivity index (χ4n) is 8.57. The average Bonchev–Trinajstić information content (AvgIpc) is 4.19. The summed E-state index contributed by atoms with van der Waals surface area (Å²) >= 11 is 0. The van der Waals surface area contributed by atoms with E-state index in [0.29, 0.717) is 54.6 Å². The van der Waals surface area contributed by atoms with Crippen molar-refractivity contribution >= 4 is 33.4 Å². The van der Waals surface area contributed by atoms with Gasteiger partial charge in [0.1, 0.15) is 36.2 Å². The first kappa shape index (κ1) is 40.7. The van der Waals surface area contributed by atoms with Gasteiger partial charge in [0.15, 0.2) is 0 Å². The summed E-state index contributed by atoms with van der Waals surface area (Å²) in [6, 6.07) is 34.3. The normalized spacial score (nSPS) is 17.6. The third kappa shape index (κ3) is 7.97. The minimum Gasteiger partial charge on any atom is -0.497 e. The molecular weight excluding hydrogens is 753 g/mol. The Morgan fingerprint density at radius 2 is 1.28 bits per heavy atom. The number of aryl methyl sites for hydroxylation is 2. The monoisotopic (exact) mass is 806 g/mol. The summed E-state index contributed by atoms with van der Waals surface area (Å²) in [6.45, 7) is 5.92. The van der Waals surface area contributed by atoms with Crippen LogP contribution < -0.4 is 35.3 Å². The zero-order chi connectivity index (χ0) is 42.2. The molecule has 0 heterocycles. The van der Waals surface area contributed by atoms with Crippen molar-refractivity contribution in [1.82, 2.24) is 15.5 Å². The van der Waals surface area contributed by atoms with Gasteiger partial charge in [0.05, 0.1) is 25.3 Å². The van der Waals surface area contributed by atoms with Gasteiger partial charge in [-0.15, -0.1) is 0 Å². The Morgan fingerprint density at radius 3 is 1.92 bits per heavy atom. The number of carbonyl (C=O) groups is 2. The van der Waals surface area contributed by atoms with E-state index in [0.717, 1.165) is 74.5 Å². The zero-order valence-corrected chi connectivity index (χ0v) is 35.3. The number of rotatable bonds is 16. The lowest BCUT2D eigenvalue weighted by Crippen LogP contribution is -2.37. The van der Waals surface area contributed by atoms with Crippen LogP contribution in [-0.2, 0) is 11.1 Å². The van der Waals surface area contributed by atoms with E-state index in [1.165, 1.54) is 0 Å². The largest absolute Gasteiger partial charge is 0.497 e. The number of carbonyl (C=O) groups excluding carboxylic acids is 2. The van der Waals surface area contributed by atoms with Crippen LogP contribution in [0.15, 0.2) is 103 Å². The minimum atomic E-state index is -0.735. The summed E-state index contributed by atoms with van der Waals surface area (Å²) < 4.78 is 23.5. The van der Waals surface area contributed by atoms with Crippen LogP contribution >= 0.6 is 0 Å². The standard InChI is InChI=1S/C50H54N4O6/c1-31-11-14-36(59-21-19-51)26-42(31)47(55)52-49(17-18-49)44-28-39(58-6)25-35-23-34(13-16-41(35)44)46-30-50(46,45-29-38(57-5)24-33-9-7-8-10-40(33)45)53-48(56)43-27-37(15-12-32(43)2)60-22-20-54(3)4/h7-16,23-29,46H,17-22,30,51H2,1-6H3,(H,52,55)(H,53,56). The number of nitrogens with two attached hydrogens (primary N) is 1. The molecule has 2 aliphatic carbocycles. The number of methoxy groups -OCH3 is 2. The molecule has 0 spiro atoms. The molecule has 6 aromatic carbocycles. The molecule has 60 heavy (non-hydrogen) atoms. The molecule has 310 valence electrons. The highest BCUT2D eigenvalue weighted by molar-refractivity contribution is 5.99. The van der Waals surface area contributed by atoms with Gasteiger partial charge in [-0.1, -0.05) is 54.6 Å². The van der Waals surface area contributed by atoms with Gasteiger partial charge in [0.25, 0.3) is 11.8 Å². The Hall–Kier alpha value is -6.10. The quantitative estimate of drug-likeness (QED) is 0.0896. The van der Waals surface area contributed by atoms with Crippen molar-refractivity contribution in [2.75, 3.05) is 54.6 Å². The number of nitrogens with one attached hydrogen (secondary N) is 2. The summed E-state index contributed by atoms with van der Waals surface area (Å²) in [5, 5.41) is 11.1. The smallest absolute Gasteiger partial charge is 0.252 e. The van der Waals surface area contributed by atoms with Crippen LogP contribution in [0.3, 0.4) is 0 Å². The van der Waals surface area contributed by atoms with Crippen LogP contribution in [0, 0.1) is 13.8 Å². The highest BCUT2D eigenvalue weighted by Gasteiger charge is 2.58. The van der Waals surface area contributed by atoms with E-state index >= 15 is 0 Å². The molecule has 2 aliphatic rings. The van der Waals surface area contributed by atoms with Crippen LogP contribution in [0.25, 0.3) is 21.5 Å². The lowest BCUT2D eigenvalue weighted by molar-refractivity contribution is 0.0920. The van der Waals surface area contributed by atoms with Gasteiger partial charge in [-0.2, -0.15) is 0 Å². The van der Waals surface area contributed by atoms with Gasteiger partial charge >= 0.3 is 0 Å². The van der Waals surface area contributed by atoms with Crippen molar-refractivity contribution in [1.29, 1.82) is 0 Å². The van der Waals surface area contributed by atoms with E-state index in [1.54, 1.807) is 20.3 Å². The summed E-state index contributed by atoms with van der Waals surface area (Å²) in [6.07, 6.45) is 2.28. The molecule has 6 aromatic rings. The zero-order valence-electron chi connectivity index (χ0n) is 35.3. The molecule has 0 aromatic heterocycles. The maximum atomic E-state index is 14.6. The highest BCUT2D eigenvalue weighted by atomic mass is 16.5. The second kappa shape index (κ2) is 16.5. The first-order valence-corrected chi connectivity index (χ1v) is 20.6. The van der Waals surface area contributed by atoms with Gasteiger partial charge in [-0.3, -0.25) is 9.59 Å². The Kier molecular flexibility index (Phi) is 11.2. The van der Waals surface area contributed by atoms with Crippen molar-refractivity contribution in [2.45, 2.75) is 50.1 Å². The molecule has 0 radical (unpaired) electrons. The molecule has 0 bridgehead atoms. The summed E-state index contributed by atoms with van der Waals surface area (Å²) in [5.74, 6) is 2.34. The van der Waals surface area contributed by atoms with Crippen molar-refractivity contribution in [3.05, 3.63) is 142 Å². The van der Waals surface area contributed by atoms with E-state index in [4.69, 9.17) is 24.7 Å². The Balaban J connectivity index is 1.16. The Bertz CT molecular complexity index is 2600. The highest BCUT2D eigenvalue weighted by Crippen LogP contribution is 2.61. The van der Waals surface area contributed by atoms with Crippen LogP contribution in [0.4, 0.5) is 0 Å². The summed E-state index contributed by atoms with van der Waals surface area (Å²) in [5.41, 5.74) is 10.4. The maximum absolute atomic E-state index is 14.6. The number of ether oxygens (including phenoxy) is 4. The fraction of sp³-hybridized carbons (Fsp3) is 0.320. The molecule has 2 fully saturated rings. The van der Waals surface area contributed by atoms with Gasteiger partial charge in [-0.25, -0.2) is 0 Å². The number of benzene rings is 6. The van der Waals surface area contributed by atoms with Gasteiger partial charge < -0.3 is 40.2 Å². The van der Waals surface area contributed by atoms with E-state index in [1.807, 2.05) is 82.5 Å². The molecule has 2 saturated carbocycles. The molecule has 10 nitrogen and oxygen atoms in total. The van der Waals surface area contributed by atoms with Crippen LogP contribution in [0.5, 0.6) is 23.0 Å². The maximum Gasteiger partial charge on any atom is 0.252 e. The molecule has 2 unspecified atom stereocenters. The van der Waals surface area contributed by atoms with Gasteiger partial charge in [0.2, 0.25) is 0 Å². The molecule has 0 saturated heterocycles. The second-order valence-corrected chi connectivity index (χ2v) is 16.5. The van der Waals surface area contributed by atoms with E-state index < -0.39 is 11.1 Å². The van der Waals surface area contributed by atoms with E-state index in [2.05, 4.69) is 58.0 Å². The first-order chi connectivity index (χ1) is 29.0. The van der Waals surface area contributed by atoms with Crippen molar-refractivity contribution in [2.24, 2.45) is 5.73 Å². The van der Waals surface area contributed by atoms with Gasteiger partial charge in [0, 0.05) is 30.1 Å². The van der Waals surface area contributed by atoms with Crippen molar-refractivity contribution in [3.63, 3.8) is 0 Å². The number of likely N-dealkylation sites (N-methyl/N-ethyl adjacent to an activating group) is 1. The van der Waals surface area contributed by atoms with Crippen LogP contribution in [-0.4, -0.2) is 71.3 Å². The summed E-state index contributed by atoms with van der Waals surface area (Å²) in [7, 11) is 7.35. The lowest BCUT2D eigenvalue weighted by Gasteiger charge is -2.25. The number of amides is 2. The van der Waals surface area contributed by atoms with Crippen LogP contribution in [0.2, 0.25) is 0 Å². The van der Waals surface area contributed by atoms with Crippen LogP contribution in [0.1, 0.15) is 73.7 Å². The molecule has 2 amide bonds. The Morgan fingerprint density at radius 1 is 0.683 bits per heavy atom. The fourth-order valence-corrected chi connectivity index (χ4v) is 8.57. The summed E-state index contributed by atoms with van der Waals surface area (Å²) in [4.78, 5) is 30.6. The third-order valence-electron chi connectivity index (χ3n) is 12.2. The number of nitrogens with zero attached hydrogens (tertiary/aromatic N) is 1. The Labute approximate surface area is 351 Å². The SMILES string of the molecule is COc1cc(C2(NC(=O)c3cc(OCCN)ccc3C)CC2)c2ccc(C3CC3(NC(=O)c3cc(OCCN(C)C)ccc3C)c3cc(OC)cc4ccccc34)cc2c1. The molecule has 2 atom stereocenters. The predicted octanol–water partition coefficient (Wildman–Crippen LogP) is 8.14. The number of hydrogen-bond acceptors (Lipinski definition) is 8. The van der Waals surface area contributed by atoms with Crippen molar-refractivity contribution in [3.8, 4) is 23.0 Å². The van der Waals surface area contributed by atoms with Crippen molar-refractivity contribution < 1.29 is 28.5 Å². The molecular formula is C50H54N4O6. The number of fused-ring (bicyclic) bond motifs is 2. The molecule has 8 rings (SSSR count). The second-order valence-electron chi connectivity index (χ2n) is 16.5. The lowest BCUT2D eigenvalue weighted by atomic mass is 9.90.